The van der Waals surface area contributed by atoms with Gasteiger partial charge >= 0.3 is 0 Å². The summed E-state index contributed by atoms with van der Waals surface area (Å²) in [6, 6.07) is 4.93. The van der Waals surface area contributed by atoms with Crippen LogP contribution in [0.5, 0.6) is 0 Å². The van der Waals surface area contributed by atoms with E-state index in [1.165, 1.54) is 24.9 Å². The van der Waals surface area contributed by atoms with Gasteiger partial charge < -0.3 is 5.73 Å². The molecule has 1 fully saturated rings. The molecule has 0 saturated carbocycles. The highest BCUT2D eigenvalue weighted by Crippen LogP contribution is 2.19. The van der Waals surface area contributed by atoms with Crippen molar-refractivity contribution in [3.63, 3.8) is 0 Å². The molecule has 1 unspecified atom stereocenters. The van der Waals surface area contributed by atoms with Gasteiger partial charge in [0.05, 0.1) is 5.69 Å². The van der Waals surface area contributed by atoms with Gasteiger partial charge in [-0.05, 0) is 44.0 Å². The summed E-state index contributed by atoms with van der Waals surface area (Å²) < 4.78 is 0. The first kappa shape index (κ1) is 10.6. The molecule has 2 N–H and O–H groups in total. The molecule has 2 heterocycles. The molecule has 0 amide bonds. The topological polar surface area (TPSA) is 42.2 Å². The van der Waals surface area contributed by atoms with Crippen molar-refractivity contribution in [2.45, 2.75) is 38.9 Å². The summed E-state index contributed by atoms with van der Waals surface area (Å²) in [7, 11) is 0. The predicted octanol–water partition coefficient (Wildman–Crippen LogP) is 1.52. The van der Waals surface area contributed by atoms with Crippen molar-refractivity contribution in [2.75, 3.05) is 6.54 Å². The Morgan fingerprint density at radius 1 is 1.60 bits per heavy atom. The SMILES string of the molecule is CC1CCCN1Cc1ccnc(CN)c1. The van der Waals surface area contributed by atoms with Crippen LogP contribution in [0.25, 0.3) is 0 Å². The van der Waals surface area contributed by atoms with Gasteiger partial charge in [0.2, 0.25) is 0 Å². The molecule has 82 valence electrons. The van der Waals surface area contributed by atoms with Crippen molar-refractivity contribution < 1.29 is 0 Å². The van der Waals surface area contributed by atoms with Gasteiger partial charge in [0.25, 0.3) is 0 Å². The summed E-state index contributed by atoms with van der Waals surface area (Å²) >= 11 is 0. The number of hydrogen-bond acceptors (Lipinski definition) is 3. The van der Waals surface area contributed by atoms with E-state index in [9.17, 15) is 0 Å². The van der Waals surface area contributed by atoms with Gasteiger partial charge in [-0.25, -0.2) is 0 Å². The Bertz CT molecular complexity index is 324. The maximum atomic E-state index is 5.58. The summed E-state index contributed by atoms with van der Waals surface area (Å²) in [5.41, 5.74) is 7.90. The van der Waals surface area contributed by atoms with Crippen molar-refractivity contribution in [2.24, 2.45) is 5.73 Å². The zero-order valence-corrected chi connectivity index (χ0v) is 9.32. The molecule has 3 heteroatoms. The molecule has 0 radical (unpaired) electrons. The van der Waals surface area contributed by atoms with Crippen molar-refractivity contribution >= 4 is 0 Å². The maximum Gasteiger partial charge on any atom is 0.0542 e. The summed E-state index contributed by atoms with van der Waals surface area (Å²) in [5.74, 6) is 0. The van der Waals surface area contributed by atoms with E-state index in [2.05, 4.69) is 28.9 Å². The Labute approximate surface area is 91.3 Å². The summed E-state index contributed by atoms with van der Waals surface area (Å²) in [6.07, 6.45) is 4.52. The highest BCUT2D eigenvalue weighted by atomic mass is 15.2. The molecule has 1 atom stereocenters. The van der Waals surface area contributed by atoms with Crippen LogP contribution >= 0.6 is 0 Å². The Morgan fingerprint density at radius 3 is 3.13 bits per heavy atom. The van der Waals surface area contributed by atoms with Crippen LogP contribution in [0, 0.1) is 0 Å². The summed E-state index contributed by atoms with van der Waals surface area (Å²) in [6.45, 7) is 5.10. The van der Waals surface area contributed by atoms with Crippen LogP contribution in [-0.4, -0.2) is 22.5 Å². The molecule has 15 heavy (non-hydrogen) atoms. The van der Waals surface area contributed by atoms with Crippen LogP contribution < -0.4 is 5.73 Å². The van der Waals surface area contributed by atoms with Gasteiger partial charge in [0.15, 0.2) is 0 Å². The average Bonchev–Trinajstić information content (AvgIpc) is 2.65. The van der Waals surface area contributed by atoms with E-state index in [-0.39, 0.29) is 0 Å². The standard InChI is InChI=1S/C12H19N3/c1-10-3-2-6-15(10)9-11-4-5-14-12(7-11)8-13/h4-5,7,10H,2-3,6,8-9,13H2,1H3. The van der Waals surface area contributed by atoms with E-state index in [1.54, 1.807) is 0 Å². The summed E-state index contributed by atoms with van der Waals surface area (Å²) in [4.78, 5) is 6.73. The zero-order chi connectivity index (χ0) is 10.7. The number of rotatable bonds is 3. The van der Waals surface area contributed by atoms with E-state index in [4.69, 9.17) is 5.73 Å². The fraction of sp³-hybridized carbons (Fsp3) is 0.583. The Balaban J connectivity index is 2.03. The van der Waals surface area contributed by atoms with Crippen molar-refractivity contribution in [1.82, 2.24) is 9.88 Å². The van der Waals surface area contributed by atoms with Crippen LogP contribution in [-0.2, 0) is 13.1 Å². The highest BCUT2D eigenvalue weighted by Gasteiger charge is 2.19. The highest BCUT2D eigenvalue weighted by molar-refractivity contribution is 5.16. The van der Waals surface area contributed by atoms with E-state index in [1.807, 2.05) is 6.20 Å². The third kappa shape index (κ3) is 2.55. The first-order chi connectivity index (χ1) is 7.29. The second kappa shape index (κ2) is 4.73. The largest absolute Gasteiger partial charge is 0.325 e. The second-order valence-corrected chi connectivity index (χ2v) is 4.32. The predicted molar refractivity (Wildman–Crippen MR) is 61.2 cm³/mol. The van der Waals surface area contributed by atoms with E-state index >= 15 is 0 Å². The third-order valence-electron chi connectivity index (χ3n) is 3.17. The molecule has 0 bridgehead atoms. The lowest BCUT2D eigenvalue weighted by molar-refractivity contribution is 0.260. The maximum absolute atomic E-state index is 5.58. The van der Waals surface area contributed by atoms with Gasteiger partial charge in [-0.2, -0.15) is 0 Å². The zero-order valence-electron chi connectivity index (χ0n) is 9.32. The molecule has 1 aliphatic heterocycles. The Morgan fingerprint density at radius 2 is 2.47 bits per heavy atom. The van der Waals surface area contributed by atoms with Crippen LogP contribution in [0.3, 0.4) is 0 Å². The lowest BCUT2D eigenvalue weighted by atomic mass is 10.2. The minimum atomic E-state index is 0.531. The molecular formula is C12H19N3. The normalized spacial score (nSPS) is 22.1. The second-order valence-electron chi connectivity index (χ2n) is 4.32. The minimum Gasteiger partial charge on any atom is -0.325 e. The van der Waals surface area contributed by atoms with Crippen molar-refractivity contribution in [1.29, 1.82) is 0 Å². The fourth-order valence-corrected chi connectivity index (χ4v) is 2.20. The third-order valence-corrected chi connectivity index (χ3v) is 3.17. The molecule has 2 rings (SSSR count). The van der Waals surface area contributed by atoms with E-state index < -0.39 is 0 Å². The quantitative estimate of drug-likeness (QED) is 0.813. The van der Waals surface area contributed by atoms with Crippen LogP contribution in [0.4, 0.5) is 0 Å². The molecule has 1 aromatic heterocycles. The van der Waals surface area contributed by atoms with Crippen LogP contribution in [0.2, 0.25) is 0 Å². The molecule has 0 spiro atoms. The Hall–Kier alpha value is -0.930. The van der Waals surface area contributed by atoms with Crippen LogP contribution in [0.15, 0.2) is 18.3 Å². The molecule has 1 aromatic rings. The number of pyridine rings is 1. The molecule has 3 nitrogen and oxygen atoms in total. The van der Waals surface area contributed by atoms with E-state index in [0.717, 1.165) is 18.3 Å². The fourth-order valence-electron chi connectivity index (χ4n) is 2.20. The monoisotopic (exact) mass is 205 g/mol. The van der Waals surface area contributed by atoms with Crippen LogP contribution in [0.1, 0.15) is 31.0 Å². The number of aromatic nitrogens is 1. The van der Waals surface area contributed by atoms with E-state index in [0.29, 0.717) is 6.54 Å². The number of hydrogen-bond donors (Lipinski definition) is 1. The smallest absolute Gasteiger partial charge is 0.0542 e. The number of likely N-dealkylation sites (tertiary alicyclic amines) is 1. The molecule has 0 aliphatic carbocycles. The first-order valence-corrected chi connectivity index (χ1v) is 5.67. The lowest BCUT2D eigenvalue weighted by Gasteiger charge is -2.20. The first-order valence-electron chi connectivity index (χ1n) is 5.67. The van der Waals surface area contributed by atoms with Gasteiger partial charge in [-0.1, -0.05) is 0 Å². The molecule has 1 saturated heterocycles. The molecule has 0 aromatic carbocycles. The lowest BCUT2D eigenvalue weighted by Crippen LogP contribution is -2.26. The average molecular weight is 205 g/mol. The van der Waals surface area contributed by atoms with Gasteiger partial charge in [-0.15, -0.1) is 0 Å². The van der Waals surface area contributed by atoms with Gasteiger partial charge in [0.1, 0.15) is 0 Å². The number of nitrogens with zero attached hydrogens (tertiary/aromatic N) is 2. The van der Waals surface area contributed by atoms with Crippen molar-refractivity contribution in [3.8, 4) is 0 Å². The van der Waals surface area contributed by atoms with Crippen molar-refractivity contribution in [3.05, 3.63) is 29.6 Å². The number of nitrogens with two attached hydrogens (primary N) is 1. The van der Waals surface area contributed by atoms with Gasteiger partial charge in [0, 0.05) is 25.3 Å². The summed E-state index contributed by atoms with van der Waals surface area (Å²) in [5, 5.41) is 0. The minimum absolute atomic E-state index is 0.531. The van der Waals surface area contributed by atoms with Gasteiger partial charge in [-0.3, -0.25) is 9.88 Å². The molecular weight excluding hydrogens is 186 g/mol. The molecule has 1 aliphatic rings. The Kier molecular flexibility index (Phi) is 3.34.